The molecule has 0 spiro atoms. The number of nitrogens with two attached hydrogens (primary N) is 1. The summed E-state index contributed by atoms with van der Waals surface area (Å²) in [5.74, 6) is 6.43. The van der Waals surface area contributed by atoms with E-state index in [1.54, 1.807) is 19.6 Å². The first-order chi connectivity index (χ1) is 9.36. The van der Waals surface area contributed by atoms with Crippen LogP contribution in [0.5, 0.6) is 5.75 Å². The van der Waals surface area contributed by atoms with Crippen molar-refractivity contribution in [1.29, 1.82) is 0 Å². The van der Waals surface area contributed by atoms with Gasteiger partial charge in [-0.05, 0) is 12.1 Å². The van der Waals surface area contributed by atoms with Crippen LogP contribution in [0, 0.1) is 0 Å². The van der Waals surface area contributed by atoms with Crippen molar-refractivity contribution < 1.29 is 13.9 Å². The van der Waals surface area contributed by atoms with E-state index >= 15 is 0 Å². The van der Waals surface area contributed by atoms with Gasteiger partial charge in [0.25, 0.3) is 0 Å². The summed E-state index contributed by atoms with van der Waals surface area (Å²) in [5.41, 5.74) is 4.69. The maximum Gasteiger partial charge on any atom is 0.124 e. The molecule has 0 saturated heterocycles. The molecule has 0 radical (unpaired) electrons. The third-order valence-corrected chi connectivity index (χ3v) is 2.82. The zero-order valence-corrected chi connectivity index (χ0v) is 10.8. The third-order valence-electron chi connectivity index (χ3n) is 2.82. The zero-order chi connectivity index (χ0) is 13.5. The molecule has 0 aliphatic heterocycles. The lowest BCUT2D eigenvalue weighted by molar-refractivity contribution is 0.145. The quantitative estimate of drug-likeness (QED) is 0.453. The number of methoxy groups -OCH3 is 1. The predicted molar refractivity (Wildman–Crippen MR) is 71.7 cm³/mol. The molecule has 0 amide bonds. The van der Waals surface area contributed by atoms with Gasteiger partial charge >= 0.3 is 0 Å². The molecule has 102 valence electrons. The van der Waals surface area contributed by atoms with Crippen LogP contribution in [0.4, 0.5) is 0 Å². The van der Waals surface area contributed by atoms with Gasteiger partial charge in [0.05, 0.1) is 25.2 Å². The molecule has 19 heavy (non-hydrogen) atoms. The molecule has 1 unspecified atom stereocenters. The van der Waals surface area contributed by atoms with E-state index in [0.717, 1.165) is 16.9 Å². The predicted octanol–water partition coefficient (Wildman–Crippen LogP) is 1.86. The Kier molecular flexibility index (Phi) is 4.97. The first-order valence-corrected chi connectivity index (χ1v) is 6.05. The van der Waals surface area contributed by atoms with Gasteiger partial charge in [0.2, 0.25) is 0 Å². The van der Waals surface area contributed by atoms with E-state index < -0.39 is 0 Å². The number of hydrogen-bond acceptors (Lipinski definition) is 5. The number of para-hydroxylation sites is 1. The minimum atomic E-state index is -0.169. The van der Waals surface area contributed by atoms with E-state index in [0.29, 0.717) is 13.2 Å². The van der Waals surface area contributed by atoms with Gasteiger partial charge in [0, 0.05) is 18.2 Å². The molecular formula is C14H18N2O3. The Balaban J connectivity index is 2.22. The van der Waals surface area contributed by atoms with Gasteiger partial charge in [-0.15, -0.1) is 0 Å². The molecule has 1 atom stereocenters. The van der Waals surface area contributed by atoms with E-state index in [-0.39, 0.29) is 6.04 Å². The Labute approximate surface area is 112 Å². The average Bonchev–Trinajstić information content (AvgIpc) is 2.96. The van der Waals surface area contributed by atoms with Crippen LogP contribution in [0.3, 0.4) is 0 Å². The van der Waals surface area contributed by atoms with Crippen LogP contribution in [-0.4, -0.2) is 20.3 Å². The van der Waals surface area contributed by atoms with Gasteiger partial charge in [0.15, 0.2) is 0 Å². The fraction of sp³-hybridized carbons (Fsp3) is 0.286. The molecule has 0 fully saturated rings. The summed E-state index contributed by atoms with van der Waals surface area (Å²) in [4.78, 5) is 0. The van der Waals surface area contributed by atoms with Crippen molar-refractivity contribution in [2.75, 3.05) is 20.3 Å². The van der Waals surface area contributed by atoms with E-state index in [1.165, 1.54) is 0 Å². The highest BCUT2D eigenvalue weighted by Gasteiger charge is 2.17. The molecule has 2 aromatic rings. The first kappa shape index (κ1) is 13.6. The molecule has 0 saturated carbocycles. The zero-order valence-electron chi connectivity index (χ0n) is 10.8. The van der Waals surface area contributed by atoms with Gasteiger partial charge < -0.3 is 13.9 Å². The second kappa shape index (κ2) is 6.94. The molecule has 5 nitrogen and oxygen atoms in total. The van der Waals surface area contributed by atoms with Crippen molar-refractivity contribution in [3.63, 3.8) is 0 Å². The first-order valence-electron chi connectivity index (χ1n) is 6.05. The van der Waals surface area contributed by atoms with Crippen molar-refractivity contribution in [3.05, 3.63) is 54.0 Å². The summed E-state index contributed by atoms with van der Waals surface area (Å²) in [6.07, 6.45) is 3.28. The largest absolute Gasteiger partial charge is 0.491 e. The normalized spacial score (nSPS) is 12.3. The van der Waals surface area contributed by atoms with Crippen LogP contribution in [0.2, 0.25) is 0 Å². The number of ether oxygens (including phenoxy) is 2. The summed E-state index contributed by atoms with van der Waals surface area (Å²) < 4.78 is 15.8. The Bertz CT molecular complexity index is 485. The number of furan rings is 1. The van der Waals surface area contributed by atoms with Gasteiger partial charge in [-0.3, -0.25) is 5.84 Å². The van der Waals surface area contributed by atoms with Crippen LogP contribution in [0.15, 0.2) is 47.3 Å². The Morgan fingerprint density at radius 3 is 2.79 bits per heavy atom. The lowest BCUT2D eigenvalue weighted by atomic mass is 10.0. The highest BCUT2D eigenvalue weighted by atomic mass is 16.5. The lowest BCUT2D eigenvalue weighted by Crippen LogP contribution is -2.29. The van der Waals surface area contributed by atoms with Crippen molar-refractivity contribution in [1.82, 2.24) is 5.43 Å². The summed E-state index contributed by atoms with van der Waals surface area (Å²) in [7, 11) is 1.64. The summed E-state index contributed by atoms with van der Waals surface area (Å²) in [6.45, 7) is 1.04. The maximum absolute atomic E-state index is 5.71. The van der Waals surface area contributed by atoms with Crippen LogP contribution in [0.1, 0.15) is 17.2 Å². The number of hydrogen-bond donors (Lipinski definition) is 2. The minimum absolute atomic E-state index is 0.169. The van der Waals surface area contributed by atoms with Crippen LogP contribution >= 0.6 is 0 Å². The summed E-state index contributed by atoms with van der Waals surface area (Å²) in [5, 5.41) is 0. The summed E-state index contributed by atoms with van der Waals surface area (Å²) >= 11 is 0. The van der Waals surface area contributed by atoms with Crippen LogP contribution in [0.25, 0.3) is 0 Å². The van der Waals surface area contributed by atoms with E-state index in [2.05, 4.69) is 5.43 Å². The monoisotopic (exact) mass is 262 g/mol. The Morgan fingerprint density at radius 1 is 1.26 bits per heavy atom. The molecule has 1 aromatic heterocycles. The standard InChI is InChI=1S/C14H18N2O3/c1-17-8-9-19-13-5-3-2-4-12(13)14(16-15)11-6-7-18-10-11/h2-7,10,14,16H,8-9,15H2,1H3. The number of benzene rings is 1. The fourth-order valence-electron chi connectivity index (χ4n) is 1.89. The second-order valence-corrected chi connectivity index (χ2v) is 4.04. The van der Waals surface area contributed by atoms with Crippen molar-refractivity contribution in [2.24, 2.45) is 5.84 Å². The average molecular weight is 262 g/mol. The van der Waals surface area contributed by atoms with E-state index in [4.69, 9.17) is 19.7 Å². The molecule has 0 bridgehead atoms. The van der Waals surface area contributed by atoms with E-state index in [1.807, 2.05) is 30.3 Å². The lowest BCUT2D eigenvalue weighted by Gasteiger charge is -2.18. The SMILES string of the molecule is COCCOc1ccccc1C(NN)c1ccoc1. The van der Waals surface area contributed by atoms with Gasteiger partial charge in [-0.2, -0.15) is 0 Å². The highest BCUT2D eigenvalue weighted by molar-refractivity contribution is 5.40. The second-order valence-electron chi connectivity index (χ2n) is 4.04. The molecule has 5 heteroatoms. The van der Waals surface area contributed by atoms with Gasteiger partial charge in [0.1, 0.15) is 12.4 Å². The number of nitrogens with one attached hydrogen (secondary N) is 1. The Morgan fingerprint density at radius 2 is 2.11 bits per heavy atom. The van der Waals surface area contributed by atoms with Crippen molar-refractivity contribution in [2.45, 2.75) is 6.04 Å². The topological polar surface area (TPSA) is 69.7 Å². The molecule has 0 aliphatic carbocycles. The van der Waals surface area contributed by atoms with E-state index in [9.17, 15) is 0 Å². The van der Waals surface area contributed by atoms with Crippen molar-refractivity contribution in [3.8, 4) is 5.75 Å². The van der Waals surface area contributed by atoms with Gasteiger partial charge in [-0.1, -0.05) is 18.2 Å². The molecular weight excluding hydrogens is 244 g/mol. The number of rotatable bonds is 7. The van der Waals surface area contributed by atoms with Crippen LogP contribution in [-0.2, 0) is 4.74 Å². The molecule has 2 rings (SSSR count). The molecule has 3 N–H and O–H groups in total. The smallest absolute Gasteiger partial charge is 0.124 e. The summed E-state index contributed by atoms with van der Waals surface area (Å²) in [6, 6.07) is 9.46. The highest BCUT2D eigenvalue weighted by Crippen LogP contribution is 2.29. The minimum Gasteiger partial charge on any atom is -0.491 e. The van der Waals surface area contributed by atoms with Gasteiger partial charge in [-0.25, -0.2) is 5.43 Å². The molecule has 0 aliphatic rings. The van der Waals surface area contributed by atoms with Crippen molar-refractivity contribution >= 4 is 0 Å². The fourth-order valence-corrected chi connectivity index (χ4v) is 1.89. The molecule has 1 aromatic carbocycles. The third kappa shape index (κ3) is 3.35. The molecule has 1 heterocycles. The Hall–Kier alpha value is -1.82. The van der Waals surface area contributed by atoms with Crippen LogP contribution < -0.4 is 16.0 Å². The number of hydrazine groups is 1. The maximum atomic E-state index is 5.71.